The summed E-state index contributed by atoms with van der Waals surface area (Å²) in [5, 5.41) is 0. The van der Waals surface area contributed by atoms with Gasteiger partial charge in [0.2, 0.25) is 0 Å². The second-order valence-corrected chi connectivity index (χ2v) is 4.09. The Morgan fingerprint density at radius 3 is 2.67 bits per heavy atom. The Morgan fingerprint density at radius 2 is 2.08 bits per heavy atom. The first-order valence-electron chi connectivity index (χ1n) is 5.16. The lowest BCUT2D eigenvalue weighted by atomic mass is 9.88. The molecule has 2 nitrogen and oxygen atoms in total. The van der Waals surface area contributed by atoms with E-state index in [1.54, 1.807) is 0 Å². The summed E-state index contributed by atoms with van der Waals surface area (Å²) in [7, 11) is 0. The summed E-state index contributed by atoms with van der Waals surface area (Å²) in [4.78, 5) is 2.56. The third kappa shape index (κ3) is 1.99. The van der Waals surface area contributed by atoms with E-state index in [4.69, 9.17) is 5.73 Å². The first kappa shape index (κ1) is 10.0. The number of likely N-dealkylation sites (tertiary alicyclic amines) is 1. The third-order valence-corrected chi connectivity index (χ3v) is 3.27. The van der Waals surface area contributed by atoms with Gasteiger partial charge in [-0.25, -0.2) is 0 Å². The van der Waals surface area contributed by atoms with Crippen molar-refractivity contribution in [2.24, 2.45) is 11.7 Å². The van der Waals surface area contributed by atoms with Crippen LogP contribution in [0.3, 0.4) is 0 Å². The van der Waals surface area contributed by atoms with Gasteiger partial charge < -0.3 is 10.6 Å². The minimum atomic E-state index is 0.424. The zero-order valence-electron chi connectivity index (χ0n) is 8.59. The summed E-state index contributed by atoms with van der Waals surface area (Å²) in [6.07, 6.45) is 2.43. The van der Waals surface area contributed by atoms with E-state index >= 15 is 0 Å². The fraction of sp³-hybridized carbons (Fsp3) is 1.00. The van der Waals surface area contributed by atoms with Crippen molar-refractivity contribution in [1.82, 2.24) is 4.90 Å². The highest BCUT2D eigenvalue weighted by Crippen LogP contribution is 2.21. The van der Waals surface area contributed by atoms with E-state index in [0.29, 0.717) is 18.0 Å². The molecular weight excluding hydrogens is 148 g/mol. The lowest BCUT2D eigenvalue weighted by Crippen LogP contribution is -2.51. The zero-order valence-corrected chi connectivity index (χ0v) is 8.59. The average molecular weight is 170 g/mol. The van der Waals surface area contributed by atoms with Crippen molar-refractivity contribution in [3.05, 3.63) is 0 Å². The molecule has 0 amide bonds. The van der Waals surface area contributed by atoms with E-state index in [1.807, 2.05) is 0 Å². The molecule has 1 heterocycles. The van der Waals surface area contributed by atoms with Crippen LogP contribution in [0.15, 0.2) is 0 Å². The molecule has 0 aromatic rings. The number of rotatable bonds is 2. The van der Waals surface area contributed by atoms with Gasteiger partial charge in [0.15, 0.2) is 0 Å². The Kier molecular flexibility index (Phi) is 3.53. The maximum Gasteiger partial charge on any atom is 0.0107 e. The third-order valence-electron chi connectivity index (χ3n) is 3.27. The van der Waals surface area contributed by atoms with Gasteiger partial charge in [-0.1, -0.05) is 13.8 Å². The van der Waals surface area contributed by atoms with Crippen molar-refractivity contribution in [1.29, 1.82) is 0 Å². The Morgan fingerprint density at radius 1 is 1.42 bits per heavy atom. The van der Waals surface area contributed by atoms with Crippen molar-refractivity contribution in [2.45, 2.75) is 45.7 Å². The molecule has 0 aromatic heterocycles. The van der Waals surface area contributed by atoms with Crippen LogP contribution in [0.25, 0.3) is 0 Å². The van der Waals surface area contributed by atoms with Crippen LogP contribution < -0.4 is 5.73 Å². The average Bonchev–Trinajstić information content (AvgIpc) is 2.07. The molecule has 1 fully saturated rings. The highest BCUT2D eigenvalue weighted by Gasteiger charge is 2.29. The Hall–Kier alpha value is -0.0800. The Bertz CT molecular complexity index is 136. The molecule has 0 radical (unpaired) electrons. The highest BCUT2D eigenvalue weighted by molar-refractivity contribution is 4.86. The van der Waals surface area contributed by atoms with Crippen molar-refractivity contribution in [3.63, 3.8) is 0 Å². The highest BCUT2D eigenvalue weighted by atomic mass is 15.2. The van der Waals surface area contributed by atoms with Crippen LogP contribution in [0.2, 0.25) is 0 Å². The molecule has 2 N–H and O–H groups in total. The van der Waals surface area contributed by atoms with Crippen LogP contribution in [-0.2, 0) is 0 Å². The van der Waals surface area contributed by atoms with Gasteiger partial charge in [-0.3, -0.25) is 0 Å². The number of hydrogen-bond donors (Lipinski definition) is 1. The second kappa shape index (κ2) is 4.24. The molecule has 0 aromatic carbocycles. The Balaban J connectivity index is 2.46. The summed E-state index contributed by atoms with van der Waals surface area (Å²) in [5.74, 6) is 0.658. The van der Waals surface area contributed by atoms with Gasteiger partial charge in [0.05, 0.1) is 0 Å². The van der Waals surface area contributed by atoms with Crippen LogP contribution in [0.1, 0.15) is 33.6 Å². The standard InChI is InChI=1S/C10H22N2/c1-4-6-12-7-5-10(11)8(2)9(12)3/h8-10H,4-7,11H2,1-3H3. The summed E-state index contributed by atoms with van der Waals surface area (Å²) < 4.78 is 0. The molecule has 1 aliphatic heterocycles. The molecule has 1 saturated heterocycles. The maximum atomic E-state index is 6.00. The van der Waals surface area contributed by atoms with Gasteiger partial charge in [-0.2, -0.15) is 0 Å². The minimum absolute atomic E-state index is 0.424. The molecule has 2 heteroatoms. The van der Waals surface area contributed by atoms with Crippen LogP contribution in [-0.4, -0.2) is 30.1 Å². The minimum Gasteiger partial charge on any atom is -0.327 e. The number of hydrogen-bond acceptors (Lipinski definition) is 2. The lowest BCUT2D eigenvalue weighted by Gasteiger charge is -2.41. The van der Waals surface area contributed by atoms with E-state index < -0.39 is 0 Å². The van der Waals surface area contributed by atoms with Crippen LogP contribution in [0.4, 0.5) is 0 Å². The SMILES string of the molecule is CCCN1CCC(N)C(C)C1C. The molecule has 3 unspecified atom stereocenters. The maximum absolute atomic E-state index is 6.00. The van der Waals surface area contributed by atoms with Crippen molar-refractivity contribution < 1.29 is 0 Å². The molecule has 0 spiro atoms. The normalized spacial score (nSPS) is 38.5. The molecule has 72 valence electrons. The van der Waals surface area contributed by atoms with Crippen LogP contribution in [0, 0.1) is 5.92 Å². The predicted molar refractivity (Wildman–Crippen MR) is 53.1 cm³/mol. The topological polar surface area (TPSA) is 29.3 Å². The quantitative estimate of drug-likeness (QED) is 0.679. The number of nitrogens with two attached hydrogens (primary N) is 1. The lowest BCUT2D eigenvalue weighted by molar-refractivity contribution is 0.0982. The zero-order chi connectivity index (χ0) is 9.14. The summed E-state index contributed by atoms with van der Waals surface area (Å²) in [6, 6.07) is 1.10. The monoisotopic (exact) mass is 170 g/mol. The number of nitrogens with zero attached hydrogens (tertiary/aromatic N) is 1. The summed E-state index contributed by atoms with van der Waals surface area (Å²) >= 11 is 0. The summed E-state index contributed by atoms with van der Waals surface area (Å²) in [6.45, 7) is 9.25. The fourth-order valence-electron chi connectivity index (χ4n) is 2.07. The van der Waals surface area contributed by atoms with E-state index in [2.05, 4.69) is 25.7 Å². The Labute approximate surface area is 76.1 Å². The molecular formula is C10H22N2. The van der Waals surface area contributed by atoms with E-state index in [1.165, 1.54) is 25.9 Å². The first-order valence-corrected chi connectivity index (χ1v) is 5.16. The largest absolute Gasteiger partial charge is 0.327 e. The van der Waals surface area contributed by atoms with Gasteiger partial charge in [0.25, 0.3) is 0 Å². The molecule has 3 atom stereocenters. The van der Waals surface area contributed by atoms with E-state index in [-0.39, 0.29) is 0 Å². The van der Waals surface area contributed by atoms with Gasteiger partial charge in [0.1, 0.15) is 0 Å². The van der Waals surface area contributed by atoms with Crippen molar-refractivity contribution in [3.8, 4) is 0 Å². The summed E-state index contributed by atoms with van der Waals surface area (Å²) in [5.41, 5.74) is 6.00. The van der Waals surface area contributed by atoms with Crippen LogP contribution in [0.5, 0.6) is 0 Å². The first-order chi connectivity index (χ1) is 5.66. The fourth-order valence-corrected chi connectivity index (χ4v) is 2.07. The molecule has 0 aliphatic carbocycles. The van der Waals surface area contributed by atoms with E-state index in [0.717, 1.165) is 0 Å². The van der Waals surface area contributed by atoms with Crippen LogP contribution >= 0.6 is 0 Å². The van der Waals surface area contributed by atoms with Crippen molar-refractivity contribution >= 4 is 0 Å². The van der Waals surface area contributed by atoms with Gasteiger partial charge in [-0.15, -0.1) is 0 Å². The predicted octanol–water partition coefficient (Wildman–Crippen LogP) is 1.45. The van der Waals surface area contributed by atoms with Gasteiger partial charge in [0, 0.05) is 12.1 Å². The molecule has 1 rings (SSSR count). The van der Waals surface area contributed by atoms with Crippen molar-refractivity contribution in [2.75, 3.05) is 13.1 Å². The smallest absolute Gasteiger partial charge is 0.0107 e. The molecule has 12 heavy (non-hydrogen) atoms. The number of piperidine rings is 1. The van der Waals surface area contributed by atoms with E-state index in [9.17, 15) is 0 Å². The molecule has 0 bridgehead atoms. The molecule has 0 saturated carbocycles. The second-order valence-electron chi connectivity index (χ2n) is 4.09. The van der Waals surface area contributed by atoms with Gasteiger partial charge >= 0.3 is 0 Å². The molecule has 1 aliphatic rings. The van der Waals surface area contributed by atoms with Gasteiger partial charge in [-0.05, 0) is 38.8 Å².